The minimum atomic E-state index is 0.522. The Hall–Kier alpha value is -2.46. The summed E-state index contributed by atoms with van der Waals surface area (Å²) in [6, 6.07) is 8.36. The van der Waals surface area contributed by atoms with Crippen LogP contribution in [0.4, 0.5) is 0 Å². The van der Waals surface area contributed by atoms with E-state index in [4.69, 9.17) is 4.98 Å². The zero-order valence-electron chi connectivity index (χ0n) is 12.3. The monoisotopic (exact) mass is 315 g/mol. The van der Waals surface area contributed by atoms with Crippen molar-refractivity contribution in [2.75, 3.05) is 0 Å². The van der Waals surface area contributed by atoms with E-state index < -0.39 is 0 Å². The van der Waals surface area contributed by atoms with Crippen LogP contribution in [0.3, 0.4) is 0 Å². The van der Waals surface area contributed by atoms with Crippen molar-refractivity contribution in [1.82, 2.24) is 15.0 Å². The molecule has 0 fully saturated rings. The predicted octanol–water partition coefficient (Wildman–Crippen LogP) is 4.51. The van der Waals surface area contributed by atoms with Crippen LogP contribution >= 0.6 is 11.8 Å². The summed E-state index contributed by atoms with van der Waals surface area (Å²) in [5.74, 6) is 0. The van der Waals surface area contributed by atoms with Gasteiger partial charge in [-0.3, -0.25) is 9.97 Å². The van der Waals surface area contributed by atoms with Crippen LogP contribution in [0.2, 0.25) is 0 Å². The van der Waals surface area contributed by atoms with Gasteiger partial charge in [0.25, 0.3) is 0 Å². The lowest BCUT2D eigenvalue weighted by molar-refractivity contribution is 1.09. The highest BCUT2D eigenvalue weighted by Crippen LogP contribution is 2.47. The molecule has 0 spiro atoms. The van der Waals surface area contributed by atoms with Crippen LogP contribution < -0.4 is 0 Å². The number of aromatic nitrogens is 3. The molecule has 0 aromatic carbocycles. The molecule has 0 saturated carbocycles. The fourth-order valence-electron chi connectivity index (χ4n) is 3.13. The Morgan fingerprint density at radius 3 is 3.04 bits per heavy atom. The summed E-state index contributed by atoms with van der Waals surface area (Å²) in [5.41, 5.74) is 4.53. The van der Waals surface area contributed by atoms with Crippen LogP contribution in [0.5, 0.6) is 0 Å². The molecular weight excluding hydrogens is 302 g/mol. The fraction of sp³-hybridized carbons (Fsp3) is 0.105. The quantitative estimate of drug-likeness (QED) is 0.662. The highest BCUT2D eigenvalue weighted by molar-refractivity contribution is 8.00. The van der Waals surface area contributed by atoms with Gasteiger partial charge in [-0.05, 0) is 41.6 Å². The van der Waals surface area contributed by atoms with Gasteiger partial charge in [-0.25, -0.2) is 4.98 Å². The van der Waals surface area contributed by atoms with E-state index in [0.717, 1.165) is 33.6 Å². The highest BCUT2D eigenvalue weighted by Gasteiger charge is 2.29. The van der Waals surface area contributed by atoms with Crippen LogP contribution in [-0.2, 0) is 0 Å². The Morgan fingerprint density at radius 2 is 2.04 bits per heavy atom. The van der Waals surface area contributed by atoms with Crippen molar-refractivity contribution in [2.45, 2.75) is 16.7 Å². The highest BCUT2D eigenvalue weighted by atomic mass is 32.2. The summed E-state index contributed by atoms with van der Waals surface area (Å²) in [6.45, 7) is 0. The average molecular weight is 315 g/mol. The number of allylic oxidation sites excluding steroid dienone is 3. The lowest BCUT2D eigenvalue weighted by Crippen LogP contribution is -2.00. The lowest BCUT2D eigenvalue weighted by Gasteiger charge is -2.10. The first kappa shape index (κ1) is 13.0. The fourth-order valence-corrected chi connectivity index (χ4v) is 4.40. The van der Waals surface area contributed by atoms with Crippen molar-refractivity contribution in [2.24, 2.45) is 0 Å². The third-order valence-electron chi connectivity index (χ3n) is 4.32. The third-order valence-corrected chi connectivity index (χ3v) is 5.58. The van der Waals surface area contributed by atoms with Crippen molar-refractivity contribution in [3.8, 4) is 11.4 Å². The van der Waals surface area contributed by atoms with Gasteiger partial charge in [0.05, 0.1) is 11.4 Å². The largest absolute Gasteiger partial charge is 0.264 e. The van der Waals surface area contributed by atoms with Crippen LogP contribution in [0.15, 0.2) is 66.1 Å². The molecule has 110 valence electrons. The molecule has 4 heteroatoms. The molecule has 0 radical (unpaired) electrons. The molecule has 0 N–H and O–H groups in total. The lowest BCUT2D eigenvalue weighted by atomic mass is 9.98. The summed E-state index contributed by atoms with van der Waals surface area (Å²) in [4.78, 5) is 13.6. The zero-order chi connectivity index (χ0) is 15.2. The molecule has 0 saturated heterocycles. The van der Waals surface area contributed by atoms with Crippen molar-refractivity contribution < 1.29 is 0 Å². The molecular formula is C19H13N3S. The van der Waals surface area contributed by atoms with Crippen LogP contribution in [0.1, 0.15) is 12.0 Å². The summed E-state index contributed by atoms with van der Waals surface area (Å²) >= 11 is 1.86. The maximum Gasteiger partial charge on any atom is 0.105 e. The Bertz CT molecular complexity index is 991. The zero-order valence-corrected chi connectivity index (χ0v) is 13.1. The van der Waals surface area contributed by atoms with Crippen LogP contribution in [0.25, 0.3) is 27.7 Å². The minimum absolute atomic E-state index is 0.522. The number of hydrogen-bond acceptors (Lipinski definition) is 4. The van der Waals surface area contributed by atoms with Crippen LogP contribution in [0, 0.1) is 0 Å². The summed E-state index contributed by atoms with van der Waals surface area (Å²) in [7, 11) is 0. The van der Waals surface area contributed by atoms with E-state index in [1.165, 1.54) is 11.1 Å². The first-order valence-electron chi connectivity index (χ1n) is 7.63. The van der Waals surface area contributed by atoms with Gasteiger partial charge in [0, 0.05) is 34.8 Å². The van der Waals surface area contributed by atoms with Gasteiger partial charge in [0.1, 0.15) is 5.03 Å². The molecule has 0 bridgehead atoms. The Labute approximate surface area is 138 Å². The second-order valence-electron chi connectivity index (χ2n) is 5.73. The molecule has 0 amide bonds. The first-order valence-corrected chi connectivity index (χ1v) is 8.51. The minimum Gasteiger partial charge on any atom is -0.264 e. The van der Waals surface area contributed by atoms with Crippen molar-refractivity contribution >= 4 is 28.1 Å². The molecule has 1 atom stereocenters. The van der Waals surface area contributed by atoms with E-state index >= 15 is 0 Å². The number of hydrogen-bond donors (Lipinski definition) is 0. The van der Waals surface area contributed by atoms with Gasteiger partial charge in [-0.15, -0.1) is 0 Å². The normalized spacial score (nSPS) is 18.6. The summed E-state index contributed by atoms with van der Waals surface area (Å²) in [5, 5.41) is 3.84. The number of nitrogens with zero attached hydrogens (tertiary/aromatic N) is 3. The number of pyridine rings is 3. The molecule has 5 rings (SSSR count). The maximum atomic E-state index is 4.87. The van der Waals surface area contributed by atoms with Crippen LogP contribution in [-0.4, -0.2) is 20.2 Å². The number of rotatable bonds is 1. The SMILES string of the molecule is C1=CCC2Sc3nc(-c4cc5ccncc5cn4)ccc3C2=C1. The van der Waals surface area contributed by atoms with Gasteiger partial charge in [0.2, 0.25) is 0 Å². The molecule has 3 aromatic heterocycles. The molecule has 3 nitrogen and oxygen atoms in total. The molecule has 4 heterocycles. The van der Waals surface area contributed by atoms with E-state index in [1.807, 2.05) is 36.4 Å². The second-order valence-corrected chi connectivity index (χ2v) is 6.93. The Kier molecular flexibility index (Phi) is 2.85. The number of fused-ring (bicyclic) bond motifs is 4. The molecule has 23 heavy (non-hydrogen) atoms. The standard InChI is InChI=1S/C19H13N3S/c1-2-4-18-14(3-1)15-5-6-16(22-19(15)23-18)17-9-12-7-8-20-10-13(12)11-21-17/h1-3,5-11,18H,4H2. The average Bonchev–Trinajstić information content (AvgIpc) is 2.99. The molecule has 1 aliphatic carbocycles. The summed E-state index contributed by atoms with van der Waals surface area (Å²) < 4.78 is 0. The van der Waals surface area contributed by atoms with E-state index in [1.54, 1.807) is 0 Å². The molecule has 3 aromatic rings. The smallest absolute Gasteiger partial charge is 0.105 e. The van der Waals surface area contributed by atoms with Gasteiger partial charge >= 0.3 is 0 Å². The summed E-state index contributed by atoms with van der Waals surface area (Å²) in [6.07, 6.45) is 13.2. The van der Waals surface area contributed by atoms with Gasteiger partial charge in [0.15, 0.2) is 0 Å². The van der Waals surface area contributed by atoms with E-state index in [-0.39, 0.29) is 0 Å². The topological polar surface area (TPSA) is 38.7 Å². The Morgan fingerprint density at radius 1 is 1.04 bits per heavy atom. The third kappa shape index (κ3) is 2.10. The first-order chi connectivity index (χ1) is 11.4. The van der Waals surface area contributed by atoms with Gasteiger partial charge in [-0.1, -0.05) is 30.0 Å². The van der Waals surface area contributed by atoms with E-state index in [0.29, 0.717) is 5.25 Å². The van der Waals surface area contributed by atoms with Crippen molar-refractivity contribution in [1.29, 1.82) is 0 Å². The predicted molar refractivity (Wildman–Crippen MR) is 94.1 cm³/mol. The number of thioether (sulfide) groups is 1. The molecule has 2 aliphatic rings. The van der Waals surface area contributed by atoms with Crippen molar-refractivity contribution in [3.05, 3.63) is 66.6 Å². The second kappa shape index (κ2) is 5.03. The van der Waals surface area contributed by atoms with Crippen molar-refractivity contribution in [3.63, 3.8) is 0 Å². The maximum absolute atomic E-state index is 4.87. The van der Waals surface area contributed by atoms with Gasteiger partial charge < -0.3 is 0 Å². The van der Waals surface area contributed by atoms with E-state index in [9.17, 15) is 0 Å². The Balaban J connectivity index is 1.60. The molecule has 1 aliphatic heterocycles. The van der Waals surface area contributed by atoms with E-state index in [2.05, 4.69) is 46.4 Å². The molecule has 1 unspecified atom stereocenters. The van der Waals surface area contributed by atoms with Gasteiger partial charge in [-0.2, -0.15) is 0 Å².